The molecule has 1 aliphatic heterocycles. The Kier molecular flexibility index (Phi) is 4.73. The molecule has 2 atom stereocenters. The lowest BCUT2D eigenvalue weighted by molar-refractivity contribution is 0.0904. The van der Waals surface area contributed by atoms with Gasteiger partial charge in [0.15, 0.2) is 0 Å². The number of hydrogen-bond acceptors (Lipinski definition) is 4. The lowest BCUT2D eigenvalue weighted by Gasteiger charge is -2.18. The van der Waals surface area contributed by atoms with E-state index in [4.69, 9.17) is 10.5 Å². The van der Waals surface area contributed by atoms with E-state index in [9.17, 15) is 4.79 Å². The molecule has 1 amide bonds. The molecule has 3 rings (SSSR count). The van der Waals surface area contributed by atoms with Crippen molar-refractivity contribution in [3.63, 3.8) is 0 Å². The zero-order valence-corrected chi connectivity index (χ0v) is 13.2. The maximum absolute atomic E-state index is 11.2. The number of hydrogen-bond donors (Lipinski definition) is 2. The zero-order valence-electron chi connectivity index (χ0n) is 13.2. The minimum Gasteiger partial charge on any atom is -0.373 e. The number of amides is 1. The van der Waals surface area contributed by atoms with Crippen molar-refractivity contribution in [1.29, 1.82) is 0 Å². The van der Waals surface area contributed by atoms with Gasteiger partial charge in [-0.1, -0.05) is 12.1 Å². The fourth-order valence-corrected chi connectivity index (χ4v) is 3.03. The summed E-state index contributed by atoms with van der Waals surface area (Å²) < 4.78 is 7.67. The summed E-state index contributed by atoms with van der Waals surface area (Å²) >= 11 is 0. The molecule has 2 heterocycles. The van der Waals surface area contributed by atoms with Crippen LogP contribution in [0.25, 0.3) is 0 Å². The SMILES string of the molecule is Cn1cc(C2OCCC2CNCc2cccc(C(N)=O)c2)cn1. The van der Waals surface area contributed by atoms with Crippen LogP contribution in [0.1, 0.15) is 34.0 Å². The van der Waals surface area contributed by atoms with Crippen molar-refractivity contribution < 1.29 is 9.53 Å². The van der Waals surface area contributed by atoms with Crippen molar-refractivity contribution >= 4 is 5.91 Å². The normalized spacial score (nSPS) is 20.7. The summed E-state index contributed by atoms with van der Waals surface area (Å²) in [6.07, 6.45) is 5.03. The molecule has 6 nitrogen and oxygen atoms in total. The number of aryl methyl sites for hydroxylation is 1. The highest BCUT2D eigenvalue weighted by Crippen LogP contribution is 2.33. The molecule has 1 fully saturated rings. The van der Waals surface area contributed by atoms with Crippen LogP contribution in [0.5, 0.6) is 0 Å². The van der Waals surface area contributed by atoms with E-state index >= 15 is 0 Å². The van der Waals surface area contributed by atoms with E-state index in [1.54, 1.807) is 10.7 Å². The molecule has 0 radical (unpaired) electrons. The van der Waals surface area contributed by atoms with Crippen molar-refractivity contribution in [3.8, 4) is 0 Å². The van der Waals surface area contributed by atoms with E-state index in [0.29, 0.717) is 18.0 Å². The fourth-order valence-electron chi connectivity index (χ4n) is 3.03. The molecule has 0 aliphatic carbocycles. The van der Waals surface area contributed by atoms with Crippen LogP contribution in [0.2, 0.25) is 0 Å². The van der Waals surface area contributed by atoms with Gasteiger partial charge in [-0.3, -0.25) is 9.48 Å². The minimum absolute atomic E-state index is 0.105. The highest BCUT2D eigenvalue weighted by Gasteiger charge is 2.30. The third kappa shape index (κ3) is 3.78. The maximum Gasteiger partial charge on any atom is 0.248 e. The topological polar surface area (TPSA) is 82.2 Å². The molecule has 6 heteroatoms. The van der Waals surface area contributed by atoms with E-state index in [1.165, 1.54) is 0 Å². The van der Waals surface area contributed by atoms with Crippen LogP contribution in [0.15, 0.2) is 36.7 Å². The summed E-state index contributed by atoms with van der Waals surface area (Å²) in [5, 5.41) is 7.68. The van der Waals surface area contributed by atoms with Crippen LogP contribution < -0.4 is 11.1 Å². The van der Waals surface area contributed by atoms with Gasteiger partial charge in [-0.2, -0.15) is 5.10 Å². The van der Waals surface area contributed by atoms with Gasteiger partial charge in [0.2, 0.25) is 5.91 Å². The summed E-state index contributed by atoms with van der Waals surface area (Å²) in [4.78, 5) is 11.2. The molecule has 0 saturated carbocycles. The molecule has 0 spiro atoms. The number of aromatic nitrogens is 2. The predicted octanol–water partition coefficient (Wildman–Crippen LogP) is 1.39. The average Bonchev–Trinajstić information content (AvgIpc) is 3.16. The smallest absolute Gasteiger partial charge is 0.248 e. The molecule has 2 unspecified atom stereocenters. The second-order valence-electron chi connectivity index (χ2n) is 5.98. The molecular formula is C17H22N4O2. The first kappa shape index (κ1) is 15.7. The summed E-state index contributed by atoms with van der Waals surface area (Å²) in [5.41, 5.74) is 8.04. The number of nitrogens with two attached hydrogens (primary N) is 1. The number of nitrogens with zero attached hydrogens (tertiary/aromatic N) is 2. The average molecular weight is 314 g/mol. The summed E-state index contributed by atoms with van der Waals surface area (Å²) in [5.74, 6) is 0.0335. The van der Waals surface area contributed by atoms with E-state index in [0.717, 1.165) is 30.7 Å². The van der Waals surface area contributed by atoms with Crippen molar-refractivity contribution in [2.24, 2.45) is 18.7 Å². The third-order valence-corrected chi connectivity index (χ3v) is 4.21. The van der Waals surface area contributed by atoms with E-state index < -0.39 is 5.91 Å². The highest BCUT2D eigenvalue weighted by molar-refractivity contribution is 5.92. The van der Waals surface area contributed by atoms with Crippen LogP contribution in [0.3, 0.4) is 0 Å². The fraction of sp³-hybridized carbons (Fsp3) is 0.412. The first-order valence-corrected chi connectivity index (χ1v) is 7.83. The van der Waals surface area contributed by atoms with Crippen molar-refractivity contribution in [2.45, 2.75) is 19.1 Å². The second kappa shape index (κ2) is 6.93. The molecule has 1 aliphatic rings. The summed E-state index contributed by atoms with van der Waals surface area (Å²) in [6.45, 7) is 2.35. The Labute approximate surface area is 135 Å². The van der Waals surface area contributed by atoms with Crippen LogP contribution in [-0.4, -0.2) is 28.8 Å². The third-order valence-electron chi connectivity index (χ3n) is 4.21. The van der Waals surface area contributed by atoms with Crippen LogP contribution in [-0.2, 0) is 18.3 Å². The molecule has 122 valence electrons. The van der Waals surface area contributed by atoms with E-state index in [2.05, 4.69) is 10.4 Å². The number of rotatable bonds is 6. The molecule has 1 aromatic carbocycles. The molecule has 0 bridgehead atoms. The monoisotopic (exact) mass is 314 g/mol. The van der Waals surface area contributed by atoms with Gasteiger partial charge < -0.3 is 15.8 Å². The maximum atomic E-state index is 11.2. The van der Waals surface area contributed by atoms with Crippen LogP contribution in [0, 0.1) is 5.92 Å². The quantitative estimate of drug-likeness (QED) is 0.844. The van der Waals surface area contributed by atoms with Crippen LogP contribution >= 0.6 is 0 Å². The molecular weight excluding hydrogens is 292 g/mol. The first-order chi connectivity index (χ1) is 11.1. The number of primary amides is 1. The molecule has 1 aromatic heterocycles. The highest BCUT2D eigenvalue weighted by atomic mass is 16.5. The predicted molar refractivity (Wildman–Crippen MR) is 86.7 cm³/mol. The number of carbonyl (C=O) groups excluding carboxylic acids is 1. The number of nitrogens with one attached hydrogen (secondary N) is 1. The summed E-state index contributed by atoms with van der Waals surface area (Å²) in [7, 11) is 1.91. The Morgan fingerprint density at radius 3 is 3.13 bits per heavy atom. The Hall–Kier alpha value is -2.18. The first-order valence-electron chi connectivity index (χ1n) is 7.83. The van der Waals surface area contributed by atoms with Crippen molar-refractivity contribution in [1.82, 2.24) is 15.1 Å². The van der Waals surface area contributed by atoms with E-state index in [-0.39, 0.29) is 6.10 Å². The van der Waals surface area contributed by atoms with Crippen molar-refractivity contribution in [3.05, 3.63) is 53.3 Å². The zero-order chi connectivity index (χ0) is 16.2. The van der Waals surface area contributed by atoms with Gasteiger partial charge in [0.25, 0.3) is 0 Å². The van der Waals surface area contributed by atoms with Gasteiger partial charge in [0, 0.05) is 50.0 Å². The Morgan fingerprint density at radius 1 is 1.52 bits per heavy atom. The molecule has 23 heavy (non-hydrogen) atoms. The second-order valence-corrected chi connectivity index (χ2v) is 5.98. The van der Waals surface area contributed by atoms with Gasteiger partial charge >= 0.3 is 0 Å². The molecule has 3 N–H and O–H groups in total. The van der Waals surface area contributed by atoms with Crippen LogP contribution in [0.4, 0.5) is 0 Å². The lowest BCUT2D eigenvalue weighted by Crippen LogP contribution is -2.24. The molecule has 2 aromatic rings. The van der Waals surface area contributed by atoms with Gasteiger partial charge in [-0.05, 0) is 24.1 Å². The van der Waals surface area contributed by atoms with E-state index in [1.807, 2.05) is 37.6 Å². The lowest BCUT2D eigenvalue weighted by atomic mass is 9.97. The number of ether oxygens (including phenoxy) is 1. The Bertz CT molecular complexity index is 683. The van der Waals surface area contributed by atoms with Gasteiger partial charge in [-0.25, -0.2) is 0 Å². The van der Waals surface area contributed by atoms with Gasteiger partial charge in [0.05, 0.1) is 12.3 Å². The summed E-state index contributed by atoms with van der Waals surface area (Å²) in [6, 6.07) is 7.41. The minimum atomic E-state index is -0.396. The largest absolute Gasteiger partial charge is 0.373 e. The molecule has 1 saturated heterocycles. The number of carbonyl (C=O) groups is 1. The van der Waals surface area contributed by atoms with Gasteiger partial charge in [-0.15, -0.1) is 0 Å². The Morgan fingerprint density at radius 2 is 2.39 bits per heavy atom. The standard InChI is InChI=1S/C17H22N4O2/c1-21-11-15(10-20-21)16-14(5-6-23-16)9-19-8-12-3-2-4-13(7-12)17(18)22/h2-4,7,10-11,14,16,19H,5-6,8-9H2,1H3,(H2,18,22). The van der Waals surface area contributed by atoms with Crippen molar-refractivity contribution in [2.75, 3.05) is 13.2 Å². The number of benzene rings is 1. The Balaban J connectivity index is 1.55. The van der Waals surface area contributed by atoms with Gasteiger partial charge in [0.1, 0.15) is 0 Å².